The Morgan fingerprint density at radius 3 is 2.71 bits per heavy atom. The van der Waals surface area contributed by atoms with Gasteiger partial charge >= 0.3 is 0 Å². The summed E-state index contributed by atoms with van der Waals surface area (Å²) in [5, 5.41) is 3.73. The molecule has 172 valence electrons. The molecule has 6 nitrogen and oxygen atoms in total. The molecule has 2 aromatic carbocycles. The van der Waals surface area contributed by atoms with Gasteiger partial charge in [0.15, 0.2) is 0 Å². The van der Waals surface area contributed by atoms with Crippen LogP contribution in [-0.2, 0) is 16.0 Å². The van der Waals surface area contributed by atoms with E-state index >= 15 is 0 Å². The quantitative estimate of drug-likeness (QED) is 0.289. The van der Waals surface area contributed by atoms with E-state index in [0.29, 0.717) is 29.5 Å². The first kappa shape index (κ1) is 22.6. The number of ketones is 1. The summed E-state index contributed by atoms with van der Waals surface area (Å²) in [5.41, 5.74) is 2.36. The largest absolute Gasteiger partial charge is 0.439 e. The highest BCUT2D eigenvalue weighted by Gasteiger charge is 2.29. The Bertz CT molecular complexity index is 1350. The SMILES string of the molecule is Cc1ccc(NC(=O)CSc2ccccc2)cc1Oc1ccc2nc(CC(=O)C3CC3)sc2n1. The fraction of sp³-hybridized carbons (Fsp3) is 0.231. The minimum absolute atomic E-state index is 0.0823. The maximum absolute atomic E-state index is 12.4. The van der Waals surface area contributed by atoms with Gasteiger partial charge in [0.1, 0.15) is 26.9 Å². The number of Topliss-reactive ketones (excluding diaryl/α,β-unsaturated/α-hetero) is 1. The van der Waals surface area contributed by atoms with Gasteiger partial charge in [0.05, 0.1) is 12.2 Å². The van der Waals surface area contributed by atoms with Crippen molar-refractivity contribution in [2.24, 2.45) is 5.92 Å². The van der Waals surface area contributed by atoms with E-state index in [0.717, 1.165) is 38.7 Å². The summed E-state index contributed by atoms with van der Waals surface area (Å²) in [6.07, 6.45) is 2.39. The summed E-state index contributed by atoms with van der Waals surface area (Å²) in [4.78, 5) is 35.4. The fourth-order valence-electron chi connectivity index (χ4n) is 3.44. The van der Waals surface area contributed by atoms with Crippen LogP contribution in [0.4, 0.5) is 5.69 Å². The molecule has 0 aliphatic heterocycles. The maximum atomic E-state index is 12.4. The van der Waals surface area contributed by atoms with E-state index in [2.05, 4.69) is 15.3 Å². The molecule has 34 heavy (non-hydrogen) atoms. The van der Waals surface area contributed by atoms with Crippen LogP contribution in [0, 0.1) is 12.8 Å². The molecular formula is C26H23N3O3S2. The predicted octanol–water partition coefficient (Wildman–Crippen LogP) is 6.04. The molecule has 0 radical (unpaired) electrons. The lowest BCUT2D eigenvalue weighted by molar-refractivity contribution is -0.119. The zero-order valence-electron chi connectivity index (χ0n) is 18.6. The molecule has 1 aliphatic rings. The van der Waals surface area contributed by atoms with Gasteiger partial charge in [-0.3, -0.25) is 9.59 Å². The smallest absolute Gasteiger partial charge is 0.234 e. The van der Waals surface area contributed by atoms with Crippen LogP contribution in [0.15, 0.2) is 65.6 Å². The molecule has 4 aromatic rings. The molecule has 1 N–H and O–H groups in total. The third kappa shape index (κ3) is 5.63. The summed E-state index contributed by atoms with van der Waals surface area (Å²) in [6.45, 7) is 1.94. The first-order chi connectivity index (χ1) is 16.5. The number of fused-ring (bicyclic) bond motifs is 1. The maximum Gasteiger partial charge on any atom is 0.234 e. The van der Waals surface area contributed by atoms with Crippen LogP contribution in [-0.4, -0.2) is 27.4 Å². The molecule has 0 saturated heterocycles. The number of hydrogen-bond acceptors (Lipinski definition) is 7. The normalized spacial score (nSPS) is 13.1. The number of nitrogens with one attached hydrogen (secondary N) is 1. The number of rotatable bonds is 9. The van der Waals surface area contributed by atoms with E-state index in [9.17, 15) is 9.59 Å². The van der Waals surface area contributed by atoms with Crippen LogP contribution in [0.3, 0.4) is 0 Å². The number of ether oxygens (including phenoxy) is 1. The van der Waals surface area contributed by atoms with Gasteiger partial charge in [-0.15, -0.1) is 11.8 Å². The lowest BCUT2D eigenvalue weighted by Gasteiger charge is -2.11. The van der Waals surface area contributed by atoms with Gasteiger partial charge in [-0.05, 0) is 49.6 Å². The highest BCUT2D eigenvalue weighted by molar-refractivity contribution is 8.00. The predicted molar refractivity (Wildman–Crippen MR) is 136 cm³/mol. The Hall–Kier alpha value is -3.23. The van der Waals surface area contributed by atoms with Crippen LogP contribution in [0.2, 0.25) is 0 Å². The van der Waals surface area contributed by atoms with Gasteiger partial charge in [0.2, 0.25) is 11.8 Å². The number of benzene rings is 2. The number of amides is 1. The second-order valence-electron chi connectivity index (χ2n) is 8.23. The Morgan fingerprint density at radius 2 is 1.91 bits per heavy atom. The zero-order valence-corrected chi connectivity index (χ0v) is 20.2. The van der Waals surface area contributed by atoms with E-state index in [1.54, 1.807) is 12.1 Å². The highest BCUT2D eigenvalue weighted by Crippen LogP contribution is 2.33. The minimum atomic E-state index is -0.0823. The summed E-state index contributed by atoms with van der Waals surface area (Å²) in [5.74, 6) is 1.81. The van der Waals surface area contributed by atoms with Crippen LogP contribution < -0.4 is 10.1 Å². The third-order valence-corrected chi connectivity index (χ3v) is 7.41. The summed E-state index contributed by atoms with van der Waals surface area (Å²) >= 11 is 2.92. The molecule has 1 saturated carbocycles. The van der Waals surface area contributed by atoms with Crippen LogP contribution in [0.25, 0.3) is 10.3 Å². The van der Waals surface area contributed by atoms with Gasteiger partial charge in [-0.25, -0.2) is 9.97 Å². The molecule has 0 bridgehead atoms. The molecule has 0 atom stereocenters. The Balaban J connectivity index is 1.25. The number of carbonyl (C=O) groups excluding carboxylic acids is 2. The number of pyridine rings is 1. The number of aryl methyl sites for hydroxylation is 1. The topological polar surface area (TPSA) is 81.2 Å². The standard InChI is InChI=1S/C26H23N3O3S2/c1-16-7-10-18(27-23(31)15-33-19-5-3-2-4-6-19)13-22(16)32-24-12-11-20-26(29-24)34-25(28-20)14-21(30)17-8-9-17/h2-7,10-13,17H,8-9,14-15H2,1H3,(H,27,31). The number of thioether (sulfide) groups is 1. The second-order valence-corrected chi connectivity index (χ2v) is 10.3. The molecule has 0 spiro atoms. The number of anilines is 1. The van der Waals surface area contributed by atoms with Gasteiger partial charge < -0.3 is 10.1 Å². The molecular weight excluding hydrogens is 466 g/mol. The summed E-state index contributed by atoms with van der Waals surface area (Å²) < 4.78 is 6.05. The van der Waals surface area contributed by atoms with Crippen molar-refractivity contribution in [2.75, 3.05) is 11.1 Å². The van der Waals surface area contributed by atoms with Crippen molar-refractivity contribution in [3.8, 4) is 11.6 Å². The molecule has 1 aliphatic carbocycles. The first-order valence-corrected chi connectivity index (χ1v) is 12.9. The number of thiazole rings is 1. The van der Waals surface area contributed by atoms with Crippen LogP contribution >= 0.6 is 23.1 Å². The number of nitrogens with zero attached hydrogens (tertiary/aromatic N) is 2. The van der Waals surface area contributed by atoms with Gasteiger partial charge in [-0.1, -0.05) is 35.6 Å². The van der Waals surface area contributed by atoms with Gasteiger partial charge in [-0.2, -0.15) is 0 Å². The minimum Gasteiger partial charge on any atom is -0.439 e. The monoisotopic (exact) mass is 489 g/mol. The average molecular weight is 490 g/mol. The number of carbonyl (C=O) groups is 2. The van der Waals surface area contributed by atoms with Gasteiger partial charge in [0.25, 0.3) is 0 Å². The van der Waals surface area contributed by atoms with Crippen LogP contribution in [0.5, 0.6) is 11.6 Å². The summed E-state index contributed by atoms with van der Waals surface area (Å²) in [6, 6.07) is 19.0. The molecule has 1 fully saturated rings. The zero-order chi connectivity index (χ0) is 23.5. The Labute approximate surface area is 205 Å². The van der Waals surface area contributed by atoms with Crippen molar-refractivity contribution in [1.82, 2.24) is 9.97 Å². The van der Waals surface area contributed by atoms with E-state index in [1.165, 1.54) is 23.1 Å². The van der Waals surface area contributed by atoms with Gasteiger partial charge in [0, 0.05) is 28.6 Å². The van der Waals surface area contributed by atoms with Crippen molar-refractivity contribution in [2.45, 2.75) is 31.1 Å². The van der Waals surface area contributed by atoms with Crippen molar-refractivity contribution in [3.05, 3.63) is 71.2 Å². The van der Waals surface area contributed by atoms with E-state index in [-0.39, 0.29) is 17.6 Å². The highest BCUT2D eigenvalue weighted by atomic mass is 32.2. The number of aromatic nitrogens is 2. The fourth-order valence-corrected chi connectivity index (χ4v) is 5.09. The van der Waals surface area contributed by atoms with E-state index in [1.807, 2.05) is 55.5 Å². The Morgan fingerprint density at radius 1 is 1.09 bits per heavy atom. The molecule has 8 heteroatoms. The summed E-state index contributed by atoms with van der Waals surface area (Å²) in [7, 11) is 0. The average Bonchev–Trinajstić information content (AvgIpc) is 3.61. The van der Waals surface area contributed by atoms with Crippen molar-refractivity contribution < 1.29 is 14.3 Å². The molecule has 0 unspecified atom stereocenters. The lowest BCUT2D eigenvalue weighted by atomic mass is 10.2. The molecule has 2 heterocycles. The third-order valence-electron chi connectivity index (χ3n) is 5.43. The number of hydrogen-bond donors (Lipinski definition) is 1. The van der Waals surface area contributed by atoms with Crippen molar-refractivity contribution in [3.63, 3.8) is 0 Å². The van der Waals surface area contributed by atoms with E-state index < -0.39 is 0 Å². The molecule has 5 rings (SSSR count). The van der Waals surface area contributed by atoms with Crippen molar-refractivity contribution in [1.29, 1.82) is 0 Å². The Kier molecular flexibility index (Phi) is 6.60. The van der Waals surface area contributed by atoms with Crippen molar-refractivity contribution >= 4 is 50.8 Å². The molecule has 2 aromatic heterocycles. The lowest BCUT2D eigenvalue weighted by Crippen LogP contribution is -2.14. The first-order valence-electron chi connectivity index (χ1n) is 11.1. The second kappa shape index (κ2) is 9.95. The van der Waals surface area contributed by atoms with Crippen LogP contribution in [0.1, 0.15) is 23.4 Å². The molecule has 1 amide bonds. The van der Waals surface area contributed by atoms with E-state index in [4.69, 9.17) is 4.74 Å².